The minimum Gasteiger partial charge on any atom is -0.507 e. The number of phenols is 1. The van der Waals surface area contributed by atoms with E-state index in [0.29, 0.717) is 90.3 Å². The SMILES string of the molecule is C.CCCc1cc2c(C(F)(F)F)noc2c(CCC)c1O.CCCc1cc2c(C(F)(F)F)noc2c(CCC)c1OC(C(=O)OC)c1ccc(CC(C)C)cc1.COC(=O)C(Br)c1ccc(CC(C)C)cc1. The van der Waals surface area contributed by atoms with Gasteiger partial charge in [-0.25, -0.2) is 4.79 Å². The van der Waals surface area contributed by atoms with Crippen molar-refractivity contribution in [3.8, 4) is 11.5 Å². The van der Waals surface area contributed by atoms with Crippen LogP contribution >= 0.6 is 15.9 Å². The summed E-state index contributed by atoms with van der Waals surface area (Å²) < 4.78 is 105. The summed E-state index contributed by atoms with van der Waals surface area (Å²) >= 11 is 3.31. The highest BCUT2D eigenvalue weighted by Gasteiger charge is 2.40. The molecule has 0 fully saturated rings. The summed E-state index contributed by atoms with van der Waals surface area (Å²) in [5, 5.41) is 16.5. The molecule has 2 unspecified atom stereocenters. The molecule has 0 saturated carbocycles. The van der Waals surface area contributed by atoms with Crippen molar-refractivity contribution in [1.29, 1.82) is 0 Å². The van der Waals surface area contributed by atoms with E-state index in [1.165, 1.54) is 31.9 Å². The molecule has 0 aliphatic rings. The summed E-state index contributed by atoms with van der Waals surface area (Å²) in [6.07, 6.45) is -3.76. The maximum Gasteiger partial charge on any atom is 0.437 e. The molecule has 2 atom stereocenters. The average Bonchev–Trinajstić information content (AvgIpc) is 3.96. The lowest BCUT2D eigenvalue weighted by Gasteiger charge is -2.22. The second-order valence-corrected chi connectivity index (χ2v) is 19.0. The number of nitrogens with zero attached hydrogens (tertiary/aromatic N) is 2. The molecule has 6 rings (SSSR count). The zero-order valence-electron chi connectivity index (χ0n) is 42.0. The lowest BCUT2D eigenvalue weighted by atomic mass is 9.97. The molecule has 0 bridgehead atoms. The highest BCUT2D eigenvalue weighted by molar-refractivity contribution is 9.09. The molecule has 2 heterocycles. The average molecular weight is 1080 g/mol. The van der Waals surface area contributed by atoms with Gasteiger partial charge in [-0.05, 0) is 90.3 Å². The molecule has 1 N–H and O–H groups in total. The zero-order valence-corrected chi connectivity index (χ0v) is 43.6. The lowest BCUT2D eigenvalue weighted by molar-refractivity contribution is -0.149. The predicted molar refractivity (Wildman–Crippen MR) is 271 cm³/mol. The fourth-order valence-electron chi connectivity index (χ4n) is 8.12. The van der Waals surface area contributed by atoms with Crippen LogP contribution < -0.4 is 4.74 Å². The molecule has 0 amide bonds. The van der Waals surface area contributed by atoms with Gasteiger partial charge in [-0.2, -0.15) is 26.3 Å². The summed E-state index contributed by atoms with van der Waals surface area (Å²) in [4.78, 5) is 23.7. The third-order valence-corrected chi connectivity index (χ3v) is 12.2. The molecular formula is C55H69BrF6N2O8. The Labute approximate surface area is 427 Å². The number of carbonyl (C=O) groups excluding carboxylic acids is 2. The Hall–Kier alpha value is -5.58. The minimum atomic E-state index is -4.65. The van der Waals surface area contributed by atoms with E-state index >= 15 is 0 Å². The first-order chi connectivity index (χ1) is 33.5. The van der Waals surface area contributed by atoms with Crippen LogP contribution in [0.4, 0.5) is 26.3 Å². The molecule has 0 aliphatic carbocycles. The van der Waals surface area contributed by atoms with Gasteiger partial charge in [-0.1, -0.05) is 163 Å². The number of benzene rings is 4. The van der Waals surface area contributed by atoms with Gasteiger partial charge in [0, 0.05) is 16.7 Å². The number of hydrogen-bond acceptors (Lipinski definition) is 10. The van der Waals surface area contributed by atoms with Gasteiger partial charge in [-0.15, -0.1) is 0 Å². The number of fused-ring (bicyclic) bond motifs is 2. The zero-order chi connectivity index (χ0) is 52.8. The number of ether oxygens (including phenoxy) is 3. The van der Waals surface area contributed by atoms with Crippen LogP contribution in [0.5, 0.6) is 11.5 Å². The van der Waals surface area contributed by atoms with Gasteiger partial charge in [-0.3, -0.25) is 4.79 Å². The predicted octanol–water partition coefficient (Wildman–Crippen LogP) is 15.8. The summed E-state index contributed by atoms with van der Waals surface area (Å²) in [5.74, 6) is 0.652. The van der Waals surface area contributed by atoms with E-state index in [2.05, 4.69) is 70.8 Å². The molecule has 4 aromatic carbocycles. The Balaban J connectivity index is 0.000000313. The number of phenolic OH excluding ortho intramolecular Hbond substituents is 1. The number of alkyl halides is 7. The maximum atomic E-state index is 13.6. The van der Waals surface area contributed by atoms with Crippen molar-refractivity contribution in [3.05, 3.63) is 117 Å². The van der Waals surface area contributed by atoms with E-state index in [9.17, 15) is 41.0 Å². The van der Waals surface area contributed by atoms with Gasteiger partial charge >= 0.3 is 24.3 Å². The van der Waals surface area contributed by atoms with Crippen LogP contribution in [0, 0.1) is 11.8 Å². The van der Waals surface area contributed by atoms with Crippen LogP contribution in [-0.2, 0) is 69.9 Å². The fraction of sp³-hybridized carbons (Fsp3) is 0.491. The third-order valence-electron chi connectivity index (χ3n) is 11.3. The van der Waals surface area contributed by atoms with Crippen LogP contribution in [0.3, 0.4) is 0 Å². The van der Waals surface area contributed by atoms with Crippen molar-refractivity contribution in [2.24, 2.45) is 11.8 Å². The van der Waals surface area contributed by atoms with E-state index in [-0.39, 0.29) is 45.9 Å². The maximum absolute atomic E-state index is 13.6. The van der Waals surface area contributed by atoms with Crippen molar-refractivity contribution >= 4 is 49.8 Å². The van der Waals surface area contributed by atoms with Crippen LogP contribution in [0.1, 0.15) is 155 Å². The van der Waals surface area contributed by atoms with Gasteiger partial charge in [0.05, 0.1) is 25.0 Å². The molecule has 6 aromatic rings. The fourth-order valence-corrected chi connectivity index (χ4v) is 8.61. The summed E-state index contributed by atoms with van der Waals surface area (Å²) in [6, 6.07) is 18.4. The summed E-state index contributed by atoms with van der Waals surface area (Å²) in [7, 11) is 2.67. The first-order valence-electron chi connectivity index (χ1n) is 23.9. The standard InChI is InChI=1S/C27H32F3NO4.C14H16F3NO2.C13H17BrO2.CH4/c1-6-8-19-15-21-24(35-31-25(21)27(28,29)30)20(9-7-2)22(19)34-23(26(32)33-5)18-12-10-17(11-13-18)14-16(3)4;1-3-5-8-7-10-12(9(6-4-2)11(8)19)20-18-13(10)14(15,16)17;1-9(2)8-10-4-6-11(7-5-10)12(14)13(15)16-3;/h10-13,15-16,23H,6-9,14H2,1-5H3;7,19H,3-6H2,1-2H3;4-7,9,12H,8H2,1-3H3;1H4. The number of esters is 2. The van der Waals surface area contributed by atoms with Crippen LogP contribution in [-0.4, -0.2) is 41.6 Å². The molecule has 0 radical (unpaired) electrons. The molecule has 72 heavy (non-hydrogen) atoms. The molecule has 0 spiro atoms. The lowest BCUT2D eigenvalue weighted by Crippen LogP contribution is -2.21. The van der Waals surface area contributed by atoms with Crippen LogP contribution in [0.2, 0.25) is 0 Å². The second kappa shape index (κ2) is 27.5. The number of rotatable bonds is 18. The normalized spacial score (nSPS) is 12.4. The molecule has 0 aliphatic heterocycles. The topological polar surface area (TPSA) is 134 Å². The van der Waals surface area contributed by atoms with Crippen LogP contribution in [0.25, 0.3) is 21.9 Å². The van der Waals surface area contributed by atoms with Gasteiger partial charge in [0.1, 0.15) is 16.3 Å². The van der Waals surface area contributed by atoms with Gasteiger partial charge in [0.2, 0.25) is 6.10 Å². The van der Waals surface area contributed by atoms with Gasteiger partial charge in [0.15, 0.2) is 22.6 Å². The van der Waals surface area contributed by atoms with E-state index in [1.54, 1.807) is 0 Å². The summed E-state index contributed by atoms with van der Waals surface area (Å²) in [5.41, 5.74) is 3.92. The Morgan fingerprint density at radius 3 is 1.44 bits per heavy atom. The van der Waals surface area contributed by atoms with Crippen LogP contribution in [0.15, 0.2) is 69.7 Å². The molecular weight excluding hydrogens is 1010 g/mol. The number of aryl methyl sites for hydroxylation is 4. The molecule has 0 saturated heterocycles. The summed E-state index contributed by atoms with van der Waals surface area (Å²) in [6.45, 7) is 16.3. The van der Waals surface area contributed by atoms with E-state index in [0.717, 1.165) is 30.4 Å². The number of aromatic nitrogens is 2. The molecule has 2 aromatic heterocycles. The third kappa shape index (κ3) is 15.7. The molecule has 10 nitrogen and oxygen atoms in total. The number of aromatic hydroxyl groups is 1. The Kier molecular flexibility index (Phi) is 23.2. The van der Waals surface area contributed by atoms with Gasteiger partial charge < -0.3 is 28.4 Å². The first-order valence-corrected chi connectivity index (χ1v) is 24.8. The van der Waals surface area contributed by atoms with E-state index < -0.39 is 35.8 Å². The highest BCUT2D eigenvalue weighted by Crippen LogP contribution is 2.43. The highest BCUT2D eigenvalue weighted by atomic mass is 79.9. The number of hydrogen-bond donors (Lipinski definition) is 1. The largest absolute Gasteiger partial charge is 0.507 e. The molecule has 17 heteroatoms. The van der Waals surface area contributed by atoms with E-state index in [1.807, 2.05) is 64.1 Å². The Morgan fingerprint density at radius 2 is 1.03 bits per heavy atom. The van der Waals surface area contributed by atoms with Crippen molar-refractivity contribution in [2.45, 2.75) is 150 Å². The number of halogens is 7. The molecule has 396 valence electrons. The van der Waals surface area contributed by atoms with Crippen molar-refractivity contribution in [2.75, 3.05) is 14.2 Å². The number of carbonyl (C=O) groups is 2. The van der Waals surface area contributed by atoms with Gasteiger partial charge in [0.25, 0.3) is 0 Å². The monoisotopic (exact) mass is 1080 g/mol. The van der Waals surface area contributed by atoms with Crippen molar-refractivity contribution in [3.63, 3.8) is 0 Å². The second-order valence-electron chi connectivity index (χ2n) is 18.1. The smallest absolute Gasteiger partial charge is 0.437 e. The Morgan fingerprint density at radius 1 is 0.625 bits per heavy atom. The van der Waals surface area contributed by atoms with E-state index in [4.69, 9.17) is 18.5 Å². The Bertz CT molecular complexity index is 2660. The number of methoxy groups -OCH3 is 2. The van der Waals surface area contributed by atoms with Crippen molar-refractivity contribution in [1.82, 2.24) is 10.3 Å². The van der Waals surface area contributed by atoms with Crippen molar-refractivity contribution < 1.29 is 64.3 Å². The quantitative estimate of drug-likeness (QED) is 0.0504. The minimum absolute atomic E-state index is 0. The first kappa shape index (κ1) is 60.7.